The molecule has 0 aliphatic carbocycles. The molecule has 0 aromatic heterocycles. The summed E-state index contributed by atoms with van der Waals surface area (Å²) in [6.45, 7) is 3.80. The number of anilines is 1. The fraction of sp³-hybridized carbons (Fsp3) is 0.300. The highest BCUT2D eigenvalue weighted by atomic mass is 35.5. The lowest BCUT2D eigenvalue weighted by molar-refractivity contribution is -0.116. The van der Waals surface area contributed by atoms with Crippen LogP contribution in [0.15, 0.2) is 47.5 Å². The van der Waals surface area contributed by atoms with Gasteiger partial charge in [-0.2, -0.15) is 0 Å². The molecule has 2 aromatic carbocycles. The summed E-state index contributed by atoms with van der Waals surface area (Å²) in [5.41, 5.74) is 2.93. The average Bonchev–Trinajstić information content (AvgIpc) is 2.64. The Morgan fingerprint density at radius 1 is 1.22 bits per heavy atom. The first-order valence-corrected chi connectivity index (χ1v) is 9.67. The molecule has 0 bridgehead atoms. The van der Waals surface area contributed by atoms with Gasteiger partial charge in [-0.05, 0) is 36.2 Å². The highest BCUT2D eigenvalue weighted by molar-refractivity contribution is 6.35. The second kappa shape index (κ2) is 9.11. The monoisotopic (exact) mass is 404 g/mol. The van der Waals surface area contributed by atoms with Crippen LogP contribution in [-0.2, 0) is 11.3 Å². The molecule has 1 aliphatic rings. The van der Waals surface area contributed by atoms with Crippen molar-refractivity contribution in [2.75, 3.05) is 18.4 Å². The fourth-order valence-corrected chi connectivity index (χ4v) is 3.53. The summed E-state index contributed by atoms with van der Waals surface area (Å²) in [7, 11) is 0. The Hall–Kier alpha value is -2.24. The van der Waals surface area contributed by atoms with E-state index >= 15 is 0 Å². The van der Waals surface area contributed by atoms with Crippen LogP contribution in [0.1, 0.15) is 30.4 Å². The second-order valence-corrected chi connectivity index (χ2v) is 7.19. The van der Waals surface area contributed by atoms with E-state index in [-0.39, 0.29) is 11.8 Å². The summed E-state index contributed by atoms with van der Waals surface area (Å²) in [6, 6.07) is 13.3. The van der Waals surface area contributed by atoms with Crippen molar-refractivity contribution < 1.29 is 4.79 Å². The summed E-state index contributed by atoms with van der Waals surface area (Å²) >= 11 is 12.2. The van der Waals surface area contributed by atoms with Crippen LogP contribution < -0.4 is 16.0 Å². The standard InChI is InChI=1S/C20H22Cl2N4O/c1-2-23-20(24-11-13-7-8-15(21)10-17(13)22)25-12-14-9-19(27)26-18-6-4-3-5-16(14)18/h3-8,10,14H,2,9,11-12H2,1H3,(H,26,27)(H2,23,24,25). The van der Waals surface area contributed by atoms with Crippen LogP contribution in [-0.4, -0.2) is 25.0 Å². The molecule has 1 amide bonds. The lowest BCUT2D eigenvalue weighted by Gasteiger charge is -2.26. The Morgan fingerprint density at radius 2 is 2.04 bits per heavy atom. The van der Waals surface area contributed by atoms with Crippen LogP contribution in [0.2, 0.25) is 10.0 Å². The molecule has 7 heteroatoms. The lowest BCUT2D eigenvalue weighted by Crippen LogP contribution is -2.40. The smallest absolute Gasteiger partial charge is 0.225 e. The van der Waals surface area contributed by atoms with Crippen molar-refractivity contribution >= 4 is 40.8 Å². The van der Waals surface area contributed by atoms with Crippen molar-refractivity contribution in [1.29, 1.82) is 0 Å². The van der Waals surface area contributed by atoms with E-state index in [0.717, 1.165) is 23.4 Å². The maximum atomic E-state index is 12.0. The number of fused-ring (bicyclic) bond motifs is 1. The Bertz CT molecular complexity index is 854. The number of para-hydroxylation sites is 1. The highest BCUT2D eigenvalue weighted by Crippen LogP contribution is 2.31. The molecule has 1 heterocycles. The van der Waals surface area contributed by atoms with Crippen LogP contribution in [0.5, 0.6) is 0 Å². The zero-order chi connectivity index (χ0) is 19.2. The molecule has 27 heavy (non-hydrogen) atoms. The third kappa shape index (κ3) is 5.15. The predicted molar refractivity (Wildman–Crippen MR) is 112 cm³/mol. The summed E-state index contributed by atoms with van der Waals surface area (Å²) in [5, 5.41) is 10.7. The molecule has 1 atom stereocenters. The van der Waals surface area contributed by atoms with Gasteiger partial charge in [-0.25, -0.2) is 4.99 Å². The van der Waals surface area contributed by atoms with E-state index in [9.17, 15) is 4.79 Å². The number of benzene rings is 2. The van der Waals surface area contributed by atoms with Gasteiger partial charge in [-0.15, -0.1) is 0 Å². The highest BCUT2D eigenvalue weighted by Gasteiger charge is 2.24. The third-order valence-electron chi connectivity index (χ3n) is 4.39. The molecule has 0 radical (unpaired) electrons. The maximum Gasteiger partial charge on any atom is 0.225 e. The van der Waals surface area contributed by atoms with Crippen molar-refractivity contribution in [2.24, 2.45) is 4.99 Å². The Morgan fingerprint density at radius 3 is 2.81 bits per heavy atom. The van der Waals surface area contributed by atoms with Gasteiger partial charge in [0.15, 0.2) is 5.96 Å². The van der Waals surface area contributed by atoms with Crippen LogP contribution in [0.3, 0.4) is 0 Å². The molecule has 1 aliphatic heterocycles. The SMILES string of the molecule is CCNC(=NCc1ccc(Cl)cc1Cl)NCC1CC(=O)Nc2ccccc21. The number of nitrogens with zero attached hydrogens (tertiary/aromatic N) is 1. The molecule has 2 aromatic rings. The largest absolute Gasteiger partial charge is 0.357 e. The van der Waals surface area contributed by atoms with Crippen molar-refractivity contribution in [3.63, 3.8) is 0 Å². The van der Waals surface area contributed by atoms with Crippen molar-refractivity contribution in [3.8, 4) is 0 Å². The van der Waals surface area contributed by atoms with Crippen LogP contribution in [0, 0.1) is 0 Å². The number of hydrogen-bond acceptors (Lipinski definition) is 2. The molecular formula is C20H22Cl2N4O. The molecule has 0 spiro atoms. The number of nitrogens with one attached hydrogen (secondary N) is 3. The van der Waals surface area contributed by atoms with Gasteiger partial charge in [0, 0.05) is 41.2 Å². The fourth-order valence-electron chi connectivity index (χ4n) is 3.06. The van der Waals surface area contributed by atoms with Crippen molar-refractivity contribution in [1.82, 2.24) is 10.6 Å². The molecule has 5 nitrogen and oxygen atoms in total. The van der Waals surface area contributed by atoms with Gasteiger partial charge >= 0.3 is 0 Å². The number of carbonyl (C=O) groups excluding carboxylic acids is 1. The Balaban J connectivity index is 1.69. The average molecular weight is 405 g/mol. The van der Waals surface area contributed by atoms with E-state index in [2.05, 4.69) is 27.0 Å². The van der Waals surface area contributed by atoms with Gasteiger partial charge < -0.3 is 16.0 Å². The number of carbonyl (C=O) groups is 1. The van der Waals surface area contributed by atoms with E-state index in [1.165, 1.54) is 0 Å². The molecule has 3 rings (SSSR count). The molecule has 0 fully saturated rings. The maximum absolute atomic E-state index is 12.0. The minimum Gasteiger partial charge on any atom is -0.357 e. The number of rotatable bonds is 5. The van der Waals surface area contributed by atoms with E-state index in [0.29, 0.717) is 35.5 Å². The quantitative estimate of drug-likeness (QED) is 0.517. The molecular weight excluding hydrogens is 383 g/mol. The zero-order valence-electron chi connectivity index (χ0n) is 15.1. The van der Waals surface area contributed by atoms with Crippen LogP contribution in [0.4, 0.5) is 5.69 Å². The summed E-state index contributed by atoms with van der Waals surface area (Å²) < 4.78 is 0. The number of guanidine groups is 1. The second-order valence-electron chi connectivity index (χ2n) is 6.35. The van der Waals surface area contributed by atoms with E-state index in [4.69, 9.17) is 23.2 Å². The van der Waals surface area contributed by atoms with E-state index < -0.39 is 0 Å². The van der Waals surface area contributed by atoms with Crippen LogP contribution >= 0.6 is 23.2 Å². The van der Waals surface area contributed by atoms with E-state index in [1.807, 2.05) is 31.2 Å². The van der Waals surface area contributed by atoms with Crippen molar-refractivity contribution in [2.45, 2.75) is 25.8 Å². The van der Waals surface area contributed by atoms with Gasteiger partial charge in [0.05, 0.1) is 6.54 Å². The number of halogens is 2. The number of aliphatic imine (C=N–C) groups is 1. The van der Waals surface area contributed by atoms with Gasteiger partial charge in [-0.3, -0.25) is 4.79 Å². The molecule has 1 unspecified atom stereocenters. The van der Waals surface area contributed by atoms with Gasteiger partial charge in [0.2, 0.25) is 5.91 Å². The summed E-state index contributed by atoms with van der Waals surface area (Å²) in [5.74, 6) is 0.820. The predicted octanol–water partition coefficient (Wildman–Crippen LogP) is 4.17. The van der Waals surface area contributed by atoms with Crippen LogP contribution in [0.25, 0.3) is 0 Å². The molecule has 0 saturated carbocycles. The van der Waals surface area contributed by atoms with Crippen molar-refractivity contribution in [3.05, 3.63) is 63.6 Å². The summed E-state index contributed by atoms with van der Waals surface area (Å²) in [4.78, 5) is 16.6. The zero-order valence-corrected chi connectivity index (χ0v) is 16.6. The minimum atomic E-state index is 0.0374. The lowest BCUT2D eigenvalue weighted by atomic mass is 9.90. The first-order valence-electron chi connectivity index (χ1n) is 8.91. The first kappa shape index (κ1) is 19.5. The van der Waals surface area contributed by atoms with Gasteiger partial charge in [0.25, 0.3) is 0 Å². The summed E-state index contributed by atoms with van der Waals surface area (Å²) in [6.07, 6.45) is 0.451. The van der Waals surface area contributed by atoms with E-state index in [1.54, 1.807) is 12.1 Å². The minimum absolute atomic E-state index is 0.0374. The van der Waals surface area contributed by atoms with Gasteiger partial charge in [-0.1, -0.05) is 47.5 Å². The number of hydrogen-bond donors (Lipinski definition) is 3. The Kier molecular flexibility index (Phi) is 6.58. The molecule has 3 N–H and O–H groups in total. The number of amides is 1. The molecule has 0 saturated heterocycles. The molecule has 142 valence electrons. The third-order valence-corrected chi connectivity index (χ3v) is 4.98. The Labute approximate surface area is 169 Å². The van der Waals surface area contributed by atoms with Gasteiger partial charge in [0.1, 0.15) is 0 Å². The normalized spacial score (nSPS) is 16.5. The first-order chi connectivity index (χ1) is 13.1. The topological polar surface area (TPSA) is 65.5 Å².